The number of nitrogens with one attached hydrogen (secondary N) is 1. The van der Waals surface area contributed by atoms with Crippen molar-refractivity contribution in [1.82, 2.24) is 0 Å². The minimum absolute atomic E-state index is 0.0424. The number of halogens is 1. The van der Waals surface area contributed by atoms with Gasteiger partial charge in [0.05, 0.1) is 10.6 Å². The van der Waals surface area contributed by atoms with Crippen LogP contribution in [-0.2, 0) is 14.6 Å². The lowest BCUT2D eigenvalue weighted by Gasteiger charge is -2.29. The molecule has 0 atom stereocenters. The maximum Gasteiger partial charge on any atom is 0.221 e. The first-order chi connectivity index (χ1) is 14.8. The second-order valence-corrected chi connectivity index (χ2v) is 9.22. The molecule has 1 amide bonds. The van der Waals surface area contributed by atoms with E-state index in [4.69, 9.17) is 11.6 Å². The third-order valence-corrected chi connectivity index (χ3v) is 6.79. The molecule has 0 aromatic heterocycles. The van der Waals surface area contributed by atoms with E-state index in [9.17, 15) is 18.0 Å². The van der Waals surface area contributed by atoms with Crippen LogP contribution in [0, 0.1) is 0 Å². The van der Waals surface area contributed by atoms with Gasteiger partial charge in [-0.1, -0.05) is 23.7 Å². The van der Waals surface area contributed by atoms with Crippen molar-refractivity contribution < 1.29 is 18.0 Å². The number of fused-ring (bicyclic) bond motifs is 1. The van der Waals surface area contributed by atoms with Gasteiger partial charge in [-0.3, -0.25) is 9.59 Å². The number of para-hydroxylation sites is 1. The Kier molecular flexibility index (Phi) is 5.39. The molecule has 3 aromatic rings. The van der Waals surface area contributed by atoms with Crippen LogP contribution in [0.5, 0.6) is 0 Å². The SMILES string of the molecule is CC(=O)Nc1ccc(N2C=C(C(=O)c3ccc(Cl)cc3)S(=O)(=O)c3ccccc32)cc1. The normalized spacial score (nSPS) is 14.4. The highest BCUT2D eigenvalue weighted by Gasteiger charge is 2.36. The zero-order valence-corrected chi connectivity index (χ0v) is 17.9. The van der Waals surface area contributed by atoms with E-state index in [2.05, 4.69) is 5.32 Å². The number of nitrogens with zero attached hydrogens (tertiary/aromatic N) is 1. The molecule has 4 rings (SSSR count). The average Bonchev–Trinajstić information content (AvgIpc) is 2.74. The quantitative estimate of drug-likeness (QED) is 0.566. The van der Waals surface area contributed by atoms with Gasteiger partial charge in [-0.15, -0.1) is 0 Å². The first-order valence-electron chi connectivity index (χ1n) is 9.30. The number of carbonyl (C=O) groups is 2. The van der Waals surface area contributed by atoms with E-state index in [-0.39, 0.29) is 21.3 Å². The van der Waals surface area contributed by atoms with E-state index in [1.165, 1.54) is 43.5 Å². The molecule has 0 bridgehead atoms. The largest absolute Gasteiger partial charge is 0.326 e. The fourth-order valence-electron chi connectivity index (χ4n) is 3.30. The fourth-order valence-corrected chi connectivity index (χ4v) is 4.97. The summed E-state index contributed by atoms with van der Waals surface area (Å²) in [6.07, 6.45) is 1.34. The first-order valence-corrected chi connectivity index (χ1v) is 11.2. The standard InChI is InChI=1S/C23H17ClN2O4S/c1-15(27)25-18-10-12-19(13-11-18)26-14-22(23(28)16-6-8-17(24)9-7-16)31(29,30)21-5-3-2-4-20(21)26/h2-14H,1H3,(H,25,27). The number of Topliss-reactive ketones (excluding diaryl/α,β-unsaturated/α-hetero) is 1. The number of benzene rings is 3. The predicted octanol–water partition coefficient (Wildman–Crippen LogP) is 4.95. The van der Waals surface area contributed by atoms with Gasteiger partial charge in [-0.05, 0) is 60.7 Å². The van der Waals surface area contributed by atoms with Crippen molar-refractivity contribution in [2.75, 3.05) is 10.2 Å². The maximum atomic E-state index is 13.2. The van der Waals surface area contributed by atoms with Gasteiger partial charge in [0.1, 0.15) is 4.91 Å². The number of amides is 1. The lowest BCUT2D eigenvalue weighted by atomic mass is 10.1. The lowest BCUT2D eigenvalue weighted by molar-refractivity contribution is -0.114. The summed E-state index contributed by atoms with van der Waals surface area (Å²) in [4.78, 5) is 25.7. The van der Waals surface area contributed by atoms with Gasteiger partial charge >= 0.3 is 0 Å². The highest BCUT2D eigenvalue weighted by atomic mass is 35.5. The zero-order valence-electron chi connectivity index (χ0n) is 16.4. The minimum Gasteiger partial charge on any atom is -0.326 e. The van der Waals surface area contributed by atoms with Gasteiger partial charge in [0.2, 0.25) is 21.5 Å². The number of hydrogen-bond donors (Lipinski definition) is 1. The van der Waals surface area contributed by atoms with Crippen LogP contribution in [0.25, 0.3) is 0 Å². The summed E-state index contributed by atoms with van der Waals surface area (Å²) < 4.78 is 26.5. The van der Waals surface area contributed by atoms with Gasteiger partial charge in [0.15, 0.2) is 0 Å². The van der Waals surface area contributed by atoms with Crippen LogP contribution in [0.3, 0.4) is 0 Å². The van der Waals surface area contributed by atoms with Crippen LogP contribution < -0.4 is 10.2 Å². The van der Waals surface area contributed by atoms with Gasteiger partial charge in [-0.2, -0.15) is 0 Å². The lowest BCUT2D eigenvalue weighted by Crippen LogP contribution is -2.25. The van der Waals surface area contributed by atoms with Crippen molar-refractivity contribution in [2.45, 2.75) is 11.8 Å². The number of ketones is 1. The Balaban J connectivity index is 1.83. The highest BCUT2D eigenvalue weighted by molar-refractivity contribution is 7.96. The summed E-state index contributed by atoms with van der Waals surface area (Å²) >= 11 is 5.89. The summed E-state index contributed by atoms with van der Waals surface area (Å²) in [5.74, 6) is -0.816. The first kappa shape index (κ1) is 20.8. The molecule has 0 saturated carbocycles. The molecule has 0 saturated heterocycles. The molecule has 1 heterocycles. The van der Waals surface area contributed by atoms with E-state index in [1.807, 2.05) is 0 Å². The molecule has 0 radical (unpaired) electrons. The smallest absolute Gasteiger partial charge is 0.221 e. The van der Waals surface area contributed by atoms with Crippen molar-refractivity contribution >= 4 is 50.2 Å². The number of anilines is 3. The number of hydrogen-bond acceptors (Lipinski definition) is 5. The summed E-state index contributed by atoms with van der Waals surface area (Å²) in [7, 11) is -4.03. The third-order valence-electron chi connectivity index (χ3n) is 4.75. The van der Waals surface area contributed by atoms with Crippen molar-refractivity contribution in [2.24, 2.45) is 0 Å². The highest BCUT2D eigenvalue weighted by Crippen LogP contribution is 2.40. The van der Waals surface area contributed by atoms with Gasteiger partial charge < -0.3 is 10.2 Å². The zero-order chi connectivity index (χ0) is 22.2. The summed E-state index contributed by atoms with van der Waals surface area (Å²) in [6, 6.07) is 19.4. The maximum absolute atomic E-state index is 13.2. The van der Waals surface area contributed by atoms with Crippen molar-refractivity contribution in [3.63, 3.8) is 0 Å². The van der Waals surface area contributed by atoms with E-state index in [0.29, 0.717) is 22.1 Å². The molecule has 0 aliphatic carbocycles. The van der Waals surface area contributed by atoms with Crippen LogP contribution >= 0.6 is 11.6 Å². The molecule has 1 aliphatic heterocycles. The van der Waals surface area contributed by atoms with Crippen LogP contribution in [0.2, 0.25) is 5.02 Å². The van der Waals surface area contributed by atoms with Crippen LogP contribution in [0.4, 0.5) is 17.1 Å². The molecule has 6 nitrogen and oxygen atoms in total. The Bertz CT molecular complexity index is 1310. The predicted molar refractivity (Wildman–Crippen MR) is 120 cm³/mol. The van der Waals surface area contributed by atoms with Crippen LogP contribution in [0.1, 0.15) is 17.3 Å². The van der Waals surface area contributed by atoms with Crippen molar-refractivity contribution in [3.8, 4) is 0 Å². The Morgan fingerprint density at radius 2 is 1.55 bits per heavy atom. The molecular weight excluding hydrogens is 436 g/mol. The Morgan fingerprint density at radius 1 is 0.903 bits per heavy atom. The second-order valence-electron chi connectivity index (χ2n) is 6.90. The number of rotatable bonds is 4. The van der Waals surface area contributed by atoms with E-state index < -0.39 is 15.6 Å². The third kappa shape index (κ3) is 3.97. The molecule has 1 N–H and O–H groups in total. The second kappa shape index (κ2) is 8.02. The molecule has 0 fully saturated rings. The fraction of sp³-hybridized carbons (Fsp3) is 0.0435. The molecule has 0 spiro atoms. The molecule has 8 heteroatoms. The average molecular weight is 453 g/mol. The Labute approximate surface area is 184 Å². The Hall–Kier alpha value is -3.42. The van der Waals surface area contributed by atoms with Crippen LogP contribution in [-0.4, -0.2) is 20.1 Å². The van der Waals surface area contributed by atoms with Crippen LogP contribution in [0.15, 0.2) is 88.8 Å². The van der Waals surface area contributed by atoms with Gasteiger partial charge in [0, 0.05) is 35.1 Å². The molecule has 3 aromatic carbocycles. The summed E-state index contributed by atoms with van der Waals surface area (Å²) in [5.41, 5.74) is 1.90. The minimum atomic E-state index is -4.03. The van der Waals surface area contributed by atoms with Gasteiger partial charge in [-0.25, -0.2) is 8.42 Å². The molecular formula is C23H17ClN2O4S. The monoisotopic (exact) mass is 452 g/mol. The molecule has 1 aliphatic rings. The van der Waals surface area contributed by atoms with Crippen molar-refractivity contribution in [1.29, 1.82) is 0 Å². The van der Waals surface area contributed by atoms with E-state index >= 15 is 0 Å². The van der Waals surface area contributed by atoms with E-state index in [0.717, 1.165) is 0 Å². The number of carbonyl (C=O) groups excluding carboxylic acids is 2. The molecule has 156 valence electrons. The van der Waals surface area contributed by atoms with Gasteiger partial charge in [0.25, 0.3) is 0 Å². The molecule has 0 unspecified atom stereocenters. The summed E-state index contributed by atoms with van der Waals surface area (Å²) in [5, 5.41) is 3.13. The van der Waals surface area contributed by atoms with E-state index in [1.54, 1.807) is 47.4 Å². The van der Waals surface area contributed by atoms with Crippen molar-refractivity contribution in [3.05, 3.63) is 94.5 Å². The number of sulfone groups is 1. The topological polar surface area (TPSA) is 83.6 Å². The Morgan fingerprint density at radius 3 is 2.19 bits per heavy atom. The molecule has 31 heavy (non-hydrogen) atoms. The summed E-state index contributed by atoms with van der Waals surface area (Å²) in [6.45, 7) is 1.41. The number of allylic oxidation sites excluding steroid dienone is 1.